The van der Waals surface area contributed by atoms with Gasteiger partial charge in [0.25, 0.3) is 5.91 Å². The van der Waals surface area contributed by atoms with Gasteiger partial charge in [-0.05, 0) is 88.6 Å². The number of epoxide rings is 1. The molecule has 4 bridgehead atoms. The number of imide groups is 1. The number of aromatic nitrogens is 3. The van der Waals surface area contributed by atoms with Gasteiger partial charge >= 0.3 is 12.1 Å². The number of piperidine rings is 1. The van der Waals surface area contributed by atoms with Crippen LogP contribution in [0.4, 0.5) is 16.2 Å². The van der Waals surface area contributed by atoms with Gasteiger partial charge in [0.05, 0.1) is 31.0 Å². The summed E-state index contributed by atoms with van der Waals surface area (Å²) in [5.74, 6) is -2.42. The summed E-state index contributed by atoms with van der Waals surface area (Å²) in [4.78, 5) is 94.1. The monoisotopic (exact) mass is 1070 g/mol. The molecule has 5 aliphatic heterocycles. The van der Waals surface area contributed by atoms with E-state index in [4.69, 9.17) is 35.3 Å². The summed E-state index contributed by atoms with van der Waals surface area (Å²) in [7, 11) is 4.53. The Hall–Kier alpha value is -6.68. The molecule has 0 radical (unpaired) electrons. The fourth-order valence-electron chi connectivity index (χ4n) is 10.6. The maximum Gasteiger partial charge on any atom is 0.409 e. The third kappa shape index (κ3) is 12.6. The average Bonchev–Trinajstić information content (AvgIpc) is 3.69. The Morgan fingerprint density at radius 1 is 1.05 bits per heavy atom. The summed E-state index contributed by atoms with van der Waals surface area (Å²) in [5, 5.41) is 28.4. The van der Waals surface area contributed by atoms with Crippen LogP contribution in [-0.4, -0.2) is 130 Å². The number of esters is 1. The van der Waals surface area contributed by atoms with Gasteiger partial charge in [-0.25, -0.2) is 4.79 Å². The predicted molar refractivity (Wildman–Crippen MR) is 276 cm³/mol. The number of rotatable bonds is 16. The maximum absolute atomic E-state index is 14.3. The number of nitrogens with one attached hydrogen (secondary N) is 3. The van der Waals surface area contributed by atoms with E-state index < -0.39 is 71.6 Å². The summed E-state index contributed by atoms with van der Waals surface area (Å²) in [6.45, 7) is 6.26. The normalized spacial score (nSPS) is 27.8. The Morgan fingerprint density at radius 3 is 2.61 bits per heavy atom. The molecule has 3 aromatic rings. The molecule has 22 heteroatoms. The van der Waals surface area contributed by atoms with E-state index in [2.05, 4.69) is 26.3 Å². The first-order valence-corrected chi connectivity index (χ1v) is 26.2. The highest BCUT2D eigenvalue weighted by Crippen LogP contribution is 2.49. The molecule has 408 valence electrons. The van der Waals surface area contributed by atoms with Gasteiger partial charge < -0.3 is 43.9 Å². The van der Waals surface area contributed by atoms with Crippen LogP contribution in [0.15, 0.2) is 60.3 Å². The van der Waals surface area contributed by atoms with Crippen molar-refractivity contribution in [2.24, 2.45) is 5.92 Å². The lowest BCUT2D eigenvalue weighted by Gasteiger charge is -2.42. The summed E-state index contributed by atoms with van der Waals surface area (Å²) in [6, 6.07) is 7.97. The topological polar surface area (TPSA) is 262 Å². The Kier molecular flexibility index (Phi) is 17.3. The third-order valence-corrected chi connectivity index (χ3v) is 15.4. The number of aliphatic hydroxyl groups is 1. The van der Waals surface area contributed by atoms with E-state index in [0.717, 1.165) is 29.7 Å². The SMILES string of the molecule is COc1cc2cc(c1Cl)N(C)C(=O)C[C@H](OC(=O)CCCCc1cn(CCCCCC(=O)Nc3cccc4c3CN([C@@H]3CCC(=O)NC3=O)C4=O)nn1)[C@]1(C)O[C@H]1[C@H](C)[C@@H]1C[C@@](O)(NC(=O)O1)[C@H](OC)/C=C/C=C(\C)C2. The molecule has 6 heterocycles. The van der Waals surface area contributed by atoms with E-state index in [-0.39, 0.29) is 67.8 Å². The summed E-state index contributed by atoms with van der Waals surface area (Å²) in [6.07, 6.45) is 7.42. The summed E-state index contributed by atoms with van der Waals surface area (Å²) >= 11 is 6.82. The number of hydrogen-bond acceptors (Lipinski definition) is 15. The number of allylic oxidation sites excluding steroid dienone is 3. The molecule has 3 saturated heterocycles. The number of alkyl carbamates (subject to hydrolysis) is 1. The first-order valence-electron chi connectivity index (χ1n) is 25.8. The molecule has 8 rings (SSSR count). The lowest BCUT2D eigenvalue weighted by Crippen LogP contribution is -2.63. The molecule has 0 unspecified atom stereocenters. The van der Waals surface area contributed by atoms with Crippen molar-refractivity contribution in [3.63, 3.8) is 0 Å². The van der Waals surface area contributed by atoms with Crippen molar-refractivity contribution >= 4 is 64.6 Å². The van der Waals surface area contributed by atoms with Crippen molar-refractivity contribution in [3.8, 4) is 5.75 Å². The Morgan fingerprint density at radius 2 is 1.84 bits per heavy atom. The number of amides is 6. The van der Waals surface area contributed by atoms with Gasteiger partial charge in [-0.2, -0.15) is 0 Å². The van der Waals surface area contributed by atoms with E-state index in [9.17, 15) is 38.7 Å². The average molecular weight is 1070 g/mol. The van der Waals surface area contributed by atoms with Crippen molar-refractivity contribution < 1.29 is 62.4 Å². The Labute approximate surface area is 445 Å². The molecule has 0 saturated carbocycles. The largest absolute Gasteiger partial charge is 0.495 e. The zero-order chi connectivity index (χ0) is 54.5. The van der Waals surface area contributed by atoms with Gasteiger partial charge in [-0.15, -0.1) is 5.10 Å². The van der Waals surface area contributed by atoms with Crippen LogP contribution in [-0.2, 0) is 68.9 Å². The standard InChI is InChI=1S/C54H67ClN8O13/c1-31-14-12-18-42(73-6)54(71)28-41(74-52(70)58-54)32(2)49-53(3,76-49)43(27-46(66)61(4)39-25-33(24-31)26-40(72-5)48(39)55)75-47(67)20-10-9-15-34-29-62(60-59-34)23-11-7-8-19-44(64)56-37-17-13-16-35-36(37)30-63(51(35)69)38-21-22-45(65)57-50(38)68/h12-14,16-18,25-26,29,32,38,41-43,49,71H,7-11,15,19-24,27-28,30H2,1-6H3,(H,56,64)(H,58,70)(H,57,65,68)/b18-12+,31-14+/t32-,38-,41+,42-,43+,49+,53+,54+/m1/s1. The van der Waals surface area contributed by atoms with E-state index in [0.29, 0.717) is 66.9 Å². The van der Waals surface area contributed by atoms with Crippen molar-refractivity contribution in [1.82, 2.24) is 30.5 Å². The molecule has 1 aromatic heterocycles. The van der Waals surface area contributed by atoms with Crippen LogP contribution in [0.1, 0.15) is 119 Å². The molecule has 21 nitrogen and oxygen atoms in total. The highest BCUT2D eigenvalue weighted by atomic mass is 35.5. The molecule has 76 heavy (non-hydrogen) atoms. The first kappa shape index (κ1) is 55.5. The molecule has 2 aromatic carbocycles. The van der Waals surface area contributed by atoms with E-state index in [1.54, 1.807) is 55.1 Å². The first-order chi connectivity index (χ1) is 36.3. The number of nitrogens with zero attached hydrogens (tertiary/aromatic N) is 5. The minimum absolute atomic E-state index is 0.0478. The van der Waals surface area contributed by atoms with Crippen LogP contribution in [0, 0.1) is 5.92 Å². The minimum atomic E-state index is -1.83. The number of aryl methyl sites for hydroxylation is 2. The van der Waals surface area contributed by atoms with Gasteiger partial charge in [0.2, 0.25) is 23.6 Å². The van der Waals surface area contributed by atoms with Gasteiger partial charge in [0.1, 0.15) is 40.7 Å². The molecular formula is C54H67ClN8O13. The third-order valence-electron chi connectivity index (χ3n) is 15.0. The van der Waals surface area contributed by atoms with E-state index in [1.807, 2.05) is 32.2 Å². The van der Waals surface area contributed by atoms with Crippen molar-refractivity contribution in [1.29, 1.82) is 0 Å². The van der Waals surface area contributed by atoms with Gasteiger partial charge in [0, 0.05) is 81.9 Å². The lowest BCUT2D eigenvalue weighted by atomic mass is 9.83. The van der Waals surface area contributed by atoms with Crippen molar-refractivity contribution in [2.75, 3.05) is 31.5 Å². The number of anilines is 2. The van der Waals surface area contributed by atoms with Crippen LogP contribution < -0.4 is 25.6 Å². The number of hydrogen-bond donors (Lipinski definition) is 4. The molecular weight excluding hydrogens is 1000 g/mol. The quantitative estimate of drug-likeness (QED) is 0.0586. The fraction of sp³-hybridized carbons (Fsp3) is 0.537. The maximum atomic E-state index is 14.3. The number of carbonyl (C=O) groups is 7. The zero-order valence-corrected chi connectivity index (χ0v) is 44.5. The predicted octanol–water partition coefficient (Wildman–Crippen LogP) is 5.63. The highest BCUT2D eigenvalue weighted by molar-refractivity contribution is 6.35. The zero-order valence-electron chi connectivity index (χ0n) is 43.7. The summed E-state index contributed by atoms with van der Waals surface area (Å²) in [5.41, 5.74) is 1.49. The fourth-order valence-corrected chi connectivity index (χ4v) is 10.9. The molecule has 8 atom stereocenters. The Bertz CT molecular complexity index is 2800. The number of benzene rings is 2. The minimum Gasteiger partial charge on any atom is -0.495 e. The molecule has 3 fully saturated rings. The van der Waals surface area contributed by atoms with Gasteiger partial charge in [-0.3, -0.25) is 44.1 Å². The van der Waals surface area contributed by atoms with Gasteiger partial charge in [-0.1, -0.05) is 60.0 Å². The second kappa shape index (κ2) is 23.7. The second-order valence-electron chi connectivity index (χ2n) is 20.5. The van der Waals surface area contributed by atoms with Crippen LogP contribution in [0.3, 0.4) is 0 Å². The second-order valence-corrected chi connectivity index (χ2v) is 20.9. The molecule has 5 aliphatic rings. The highest BCUT2D eigenvalue weighted by Gasteiger charge is 2.64. The molecule has 0 aliphatic carbocycles. The van der Waals surface area contributed by atoms with Crippen LogP contribution in [0.25, 0.3) is 0 Å². The van der Waals surface area contributed by atoms with Crippen LogP contribution >= 0.6 is 11.6 Å². The number of methoxy groups -OCH3 is 2. The summed E-state index contributed by atoms with van der Waals surface area (Å²) < 4.78 is 31.2. The van der Waals surface area contributed by atoms with Crippen LogP contribution in [0.2, 0.25) is 5.02 Å². The number of halogens is 1. The van der Waals surface area contributed by atoms with E-state index in [1.165, 1.54) is 24.0 Å². The number of unbranched alkanes of at least 4 members (excludes halogenated alkanes) is 3. The molecule has 6 amide bonds. The molecule has 0 spiro atoms. The van der Waals surface area contributed by atoms with E-state index >= 15 is 0 Å². The molecule has 4 N–H and O–H groups in total. The van der Waals surface area contributed by atoms with Crippen LogP contribution in [0.5, 0.6) is 5.75 Å². The Balaban J connectivity index is 0.831. The number of carbonyl (C=O) groups excluding carboxylic acids is 7. The number of ether oxygens (including phenoxy) is 5. The van der Waals surface area contributed by atoms with Crippen molar-refractivity contribution in [2.45, 2.75) is 159 Å². The smallest absolute Gasteiger partial charge is 0.409 e. The van der Waals surface area contributed by atoms with Crippen molar-refractivity contribution in [3.05, 3.63) is 87.7 Å². The lowest BCUT2D eigenvalue weighted by molar-refractivity contribution is -0.154. The van der Waals surface area contributed by atoms with Gasteiger partial charge in [0.15, 0.2) is 5.72 Å². The number of fused-ring (bicyclic) bond motifs is 6.